The molecule has 0 bridgehead atoms. The lowest BCUT2D eigenvalue weighted by atomic mass is 9.96. The van der Waals surface area contributed by atoms with Crippen LogP contribution in [0.3, 0.4) is 0 Å². The highest BCUT2D eigenvalue weighted by atomic mass is 32.1. The van der Waals surface area contributed by atoms with E-state index in [1.54, 1.807) is 11.3 Å². The molecule has 3 rings (SSSR count). The molecule has 0 radical (unpaired) electrons. The van der Waals surface area contributed by atoms with Gasteiger partial charge in [0.05, 0.1) is 18.6 Å². The summed E-state index contributed by atoms with van der Waals surface area (Å²) in [5, 5.41) is 11.8. The predicted octanol–water partition coefficient (Wildman–Crippen LogP) is 1.47. The van der Waals surface area contributed by atoms with Gasteiger partial charge in [-0.1, -0.05) is 6.07 Å². The molecule has 5 nitrogen and oxygen atoms in total. The van der Waals surface area contributed by atoms with Crippen LogP contribution in [0.1, 0.15) is 18.7 Å². The summed E-state index contributed by atoms with van der Waals surface area (Å²) >= 11 is 1.63. The third-order valence-corrected chi connectivity index (χ3v) is 5.93. The van der Waals surface area contributed by atoms with E-state index in [2.05, 4.69) is 18.7 Å². The first-order valence-electron chi connectivity index (χ1n) is 8.84. The van der Waals surface area contributed by atoms with Crippen LogP contribution in [0.15, 0.2) is 17.5 Å². The van der Waals surface area contributed by atoms with Gasteiger partial charge in [-0.3, -0.25) is 9.69 Å². The molecule has 1 N–H and O–H groups in total. The van der Waals surface area contributed by atoms with Crippen molar-refractivity contribution < 1.29 is 14.6 Å². The van der Waals surface area contributed by atoms with Gasteiger partial charge in [0.1, 0.15) is 0 Å². The van der Waals surface area contributed by atoms with E-state index in [1.807, 2.05) is 22.4 Å². The number of thiophene rings is 1. The summed E-state index contributed by atoms with van der Waals surface area (Å²) in [5.74, 6) is 0.715. The highest BCUT2D eigenvalue weighted by Gasteiger charge is 2.36. The fourth-order valence-electron chi connectivity index (χ4n) is 4.00. The Balaban J connectivity index is 1.56. The molecule has 4 atom stereocenters. The summed E-state index contributed by atoms with van der Waals surface area (Å²) in [7, 11) is 0. The van der Waals surface area contributed by atoms with E-state index in [4.69, 9.17) is 4.74 Å². The van der Waals surface area contributed by atoms with Crippen molar-refractivity contribution in [2.45, 2.75) is 32.5 Å². The number of hydrogen-bond donors (Lipinski definition) is 1. The minimum absolute atomic E-state index is 0.156. The van der Waals surface area contributed by atoms with E-state index in [9.17, 15) is 9.90 Å². The van der Waals surface area contributed by atoms with Crippen LogP contribution in [0, 0.1) is 11.8 Å². The molecule has 1 amide bonds. The maximum absolute atomic E-state index is 12.5. The standard InChI is InChI=1S/C18H28N2O3S/c1-13-7-19(8-14(2)23-13)9-15-10-20(11-16(15)12-21)18(22)6-17-4-3-5-24-17/h3-5,13-16,21H,6-12H2,1-2H3/t13-,14+,15-,16-/m0/s1. The molecule has 0 aromatic carbocycles. The molecule has 2 saturated heterocycles. The predicted molar refractivity (Wildman–Crippen MR) is 95.1 cm³/mol. The van der Waals surface area contributed by atoms with Crippen molar-refractivity contribution in [3.05, 3.63) is 22.4 Å². The second-order valence-electron chi connectivity index (χ2n) is 7.23. The minimum Gasteiger partial charge on any atom is -0.396 e. The summed E-state index contributed by atoms with van der Waals surface area (Å²) in [6.07, 6.45) is 0.979. The number of aliphatic hydroxyl groups excluding tert-OH is 1. The zero-order chi connectivity index (χ0) is 17.1. The van der Waals surface area contributed by atoms with Crippen molar-refractivity contribution in [2.75, 3.05) is 39.3 Å². The van der Waals surface area contributed by atoms with Gasteiger partial charge in [0.2, 0.25) is 5.91 Å². The van der Waals surface area contributed by atoms with Crippen molar-refractivity contribution >= 4 is 17.2 Å². The topological polar surface area (TPSA) is 53.0 Å². The van der Waals surface area contributed by atoms with Crippen LogP contribution in [-0.4, -0.2) is 72.4 Å². The Morgan fingerprint density at radius 1 is 1.25 bits per heavy atom. The maximum atomic E-state index is 12.5. The van der Waals surface area contributed by atoms with Crippen molar-refractivity contribution in [1.29, 1.82) is 0 Å². The van der Waals surface area contributed by atoms with Crippen LogP contribution in [0.25, 0.3) is 0 Å². The van der Waals surface area contributed by atoms with E-state index < -0.39 is 0 Å². The lowest BCUT2D eigenvalue weighted by Gasteiger charge is -2.37. The fourth-order valence-corrected chi connectivity index (χ4v) is 4.69. The van der Waals surface area contributed by atoms with Gasteiger partial charge < -0.3 is 14.7 Å². The van der Waals surface area contributed by atoms with Crippen LogP contribution in [0.2, 0.25) is 0 Å². The Bertz CT molecular complexity index is 526. The summed E-state index contributed by atoms with van der Waals surface area (Å²) in [6, 6.07) is 3.99. The third kappa shape index (κ3) is 4.36. The number of hydrogen-bond acceptors (Lipinski definition) is 5. The highest BCUT2D eigenvalue weighted by molar-refractivity contribution is 7.10. The van der Waals surface area contributed by atoms with Crippen LogP contribution in [0.5, 0.6) is 0 Å². The normalized spacial score (nSPS) is 31.5. The Hall–Kier alpha value is -0.950. The molecule has 2 aliphatic heterocycles. The van der Waals surface area contributed by atoms with Gasteiger partial charge in [-0.05, 0) is 31.2 Å². The van der Waals surface area contributed by atoms with E-state index in [0.717, 1.165) is 31.1 Å². The molecule has 2 fully saturated rings. The van der Waals surface area contributed by atoms with Crippen LogP contribution in [0.4, 0.5) is 0 Å². The molecule has 6 heteroatoms. The number of likely N-dealkylation sites (tertiary alicyclic amines) is 1. The molecule has 1 aromatic rings. The number of aliphatic hydroxyl groups is 1. The third-order valence-electron chi connectivity index (χ3n) is 5.06. The van der Waals surface area contributed by atoms with Crippen LogP contribution < -0.4 is 0 Å². The second kappa shape index (κ2) is 7.95. The molecule has 0 aliphatic carbocycles. The summed E-state index contributed by atoms with van der Waals surface area (Å²) in [5.41, 5.74) is 0. The lowest BCUT2D eigenvalue weighted by Crippen LogP contribution is -2.48. The Kier molecular flexibility index (Phi) is 5.92. The fraction of sp³-hybridized carbons (Fsp3) is 0.722. The molecular weight excluding hydrogens is 324 g/mol. The average molecular weight is 353 g/mol. The molecule has 0 spiro atoms. The first kappa shape index (κ1) is 17.9. The zero-order valence-electron chi connectivity index (χ0n) is 14.6. The number of morpholine rings is 1. The van der Waals surface area contributed by atoms with Gasteiger partial charge >= 0.3 is 0 Å². The average Bonchev–Trinajstić information content (AvgIpc) is 3.15. The van der Waals surface area contributed by atoms with Gasteiger partial charge in [0.25, 0.3) is 0 Å². The van der Waals surface area contributed by atoms with E-state index in [0.29, 0.717) is 18.9 Å². The molecule has 0 unspecified atom stereocenters. The molecule has 1 aromatic heterocycles. The molecule has 134 valence electrons. The van der Waals surface area contributed by atoms with Gasteiger partial charge in [0, 0.05) is 50.1 Å². The van der Waals surface area contributed by atoms with E-state index >= 15 is 0 Å². The largest absolute Gasteiger partial charge is 0.396 e. The van der Waals surface area contributed by atoms with Crippen molar-refractivity contribution in [3.63, 3.8) is 0 Å². The van der Waals surface area contributed by atoms with Gasteiger partial charge in [-0.25, -0.2) is 0 Å². The Labute approximate surface area is 148 Å². The summed E-state index contributed by atoms with van der Waals surface area (Å²) in [6.45, 7) is 8.62. The number of carbonyl (C=O) groups excluding carboxylic acids is 1. The van der Waals surface area contributed by atoms with Gasteiger partial charge in [-0.15, -0.1) is 11.3 Å². The number of rotatable bonds is 5. The van der Waals surface area contributed by atoms with E-state index in [1.165, 1.54) is 0 Å². The molecular formula is C18H28N2O3S. The Morgan fingerprint density at radius 3 is 2.58 bits per heavy atom. The number of ether oxygens (including phenoxy) is 1. The number of nitrogens with zero attached hydrogens (tertiary/aromatic N) is 2. The minimum atomic E-state index is 0.156. The first-order chi connectivity index (χ1) is 11.5. The van der Waals surface area contributed by atoms with E-state index in [-0.39, 0.29) is 30.6 Å². The van der Waals surface area contributed by atoms with Crippen molar-refractivity contribution in [2.24, 2.45) is 11.8 Å². The van der Waals surface area contributed by atoms with Crippen LogP contribution >= 0.6 is 11.3 Å². The monoisotopic (exact) mass is 352 g/mol. The van der Waals surface area contributed by atoms with Crippen molar-refractivity contribution in [3.8, 4) is 0 Å². The first-order valence-corrected chi connectivity index (χ1v) is 9.72. The molecule has 0 saturated carbocycles. The SMILES string of the molecule is C[C@@H]1CN(C[C@H]2CN(C(=O)Cc3cccs3)C[C@H]2CO)C[C@H](C)O1. The summed E-state index contributed by atoms with van der Waals surface area (Å²) < 4.78 is 5.80. The smallest absolute Gasteiger partial charge is 0.227 e. The molecule has 2 aliphatic rings. The molecule has 24 heavy (non-hydrogen) atoms. The summed E-state index contributed by atoms with van der Waals surface area (Å²) in [4.78, 5) is 18.0. The number of carbonyl (C=O) groups is 1. The Morgan fingerprint density at radius 2 is 1.96 bits per heavy atom. The van der Waals surface area contributed by atoms with Crippen molar-refractivity contribution in [1.82, 2.24) is 9.80 Å². The van der Waals surface area contributed by atoms with Crippen LogP contribution in [-0.2, 0) is 16.0 Å². The van der Waals surface area contributed by atoms with Gasteiger partial charge in [-0.2, -0.15) is 0 Å². The molecule has 3 heterocycles. The lowest BCUT2D eigenvalue weighted by molar-refractivity contribution is -0.129. The quantitative estimate of drug-likeness (QED) is 0.872. The highest BCUT2D eigenvalue weighted by Crippen LogP contribution is 2.26. The zero-order valence-corrected chi connectivity index (χ0v) is 15.4. The van der Waals surface area contributed by atoms with Gasteiger partial charge in [0.15, 0.2) is 0 Å². The number of amides is 1. The maximum Gasteiger partial charge on any atom is 0.227 e. The second-order valence-corrected chi connectivity index (χ2v) is 8.27.